The van der Waals surface area contributed by atoms with E-state index in [1.807, 2.05) is 13.8 Å². The molecule has 222 valence electrons. The summed E-state index contributed by atoms with van der Waals surface area (Å²) >= 11 is 0. The number of alkyl halides is 3. The van der Waals surface area contributed by atoms with Crippen LogP contribution in [0.5, 0.6) is 23.3 Å². The fraction of sp³-hybridized carbons (Fsp3) is 0.310. The smallest absolute Gasteiger partial charge is 0.484 e. The molecule has 2 aromatic carbocycles. The standard InChI is InChI=1S/C29H28F3N3O7/c1-16(2)39-27-33-13-19(14-34-27)24-25(18-6-8-20(9-7-18)41-29(30,31)32)40-23(35-24)15-38-21-10-11-22(17(3)12-21)42-28(4,5)26(36)37/h6-14,16H,15H2,1-5H3,(H,36,37). The van der Waals surface area contributed by atoms with Crippen LogP contribution in [0.4, 0.5) is 13.2 Å². The van der Waals surface area contributed by atoms with Gasteiger partial charge in [0.1, 0.15) is 22.9 Å². The monoisotopic (exact) mass is 587 g/mol. The van der Waals surface area contributed by atoms with E-state index in [-0.39, 0.29) is 36.1 Å². The van der Waals surface area contributed by atoms with Gasteiger partial charge in [-0.15, -0.1) is 13.2 Å². The minimum Gasteiger partial charge on any atom is -0.484 e. The van der Waals surface area contributed by atoms with Crippen molar-refractivity contribution < 1.29 is 46.4 Å². The van der Waals surface area contributed by atoms with E-state index in [0.717, 1.165) is 0 Å². The Bertz CT molecular complexity index is 1530. The van der Waals surface area contributed by atoms with Crippen LogP contribution in [0.3, 0.4) is 0 Å². The molecule has 0 radical (unpaired) electrons. The van der Waals surface area contributed by atoms with Gasteiger partial charge in [0.05, 0.1) is 6.10 Å². The van der Waals surface area contributed by atoms with E-state index in [4.69, 9.17) is 18.6 Å². The zero-order chi connectivity index (χ0) is 30.7. The zero-order valence-electron chi connectivity index (χ0n) is 23.4. The van der Waals surface area contributed by atoms with Crippen molar-refractivity contribution in [1.82, 2.24) is 15.0 Å². The van der Waals surface area contributed by atoms with Gasteiger partial charge in [-0.3, -0.25) is 0 Å². The Morgan fingerprint density at radius 1 is 0.976 bits per heavy atom. The maximum Gasteiger partial charge on any atom is 0.573 e. The fourth-order valence-corrected chi connectivity index (χ4v) is 3.63. The highest BCUT2D eigenvalue weighted by atomic mass is 19.4. The third-order valence-corrected chi connectivity index (χ3v) is 5.65. The lowest BCUT2D eigenvalue weighted by molar-refractivity contribution is -0.274. The van der Waals surface area contributed by atoms with Crippen LogP contribution in [-0.2, 0) is 11.4 Å². The maximum absolute atomic E-state index is 12.6. The van der Waals surface area contributed by atoms with Gasteiger partial charge < -0.3 is 28.5 Å². The average Bonchev–Trinajstić information content (AvgIpc) is 3.32. The van der Waals surface area contributed by atoms with Crippen molar-refractivity contribution >= 4 is 5.97 Å². The number of hydrogen-bond donors (Lipinski definition) is 1. The summed E-state index contributed by atoms with van der Waals surface area (Å²) < 4.78 is 64.8. The summed E-state index contributed by atoms with van der Waals surface area (Å²) in [7, 11) is 0. The van der Waals surface area contributed by atoms with Crippen molar-refractivity contribution in [3.05, 3.63) is 66.3 Å². The van der Waals surface area contributed by atoms with Crippen molar-refractivity contribution in [2.45, 2.75) is 59.3 Å². The number of hydrogen-bond acceptors (Lipinski definition) is 9. The highest BCUT2D eigenvalue weighted by Gasteiger charge is 2.31. The lowest BCUT2D eigenvalue weighted by Crippen LogP contribution is -2.38. The van der Waals surface area contributed by atoms with Crippen LogP contribution in [0.1, 0.15) is 39.1 Å². The number of benzene rings is 2. The number of aryl methyl sites for hydroxylation is 1. The second-order valence-electron chi connectivity index (χ2n) is 9.91. The van der Waals surface area contributed by atoms with Gasteiger partial charge in [0.25, 0.3) is 0 Å². The highest BCUT2D eigenvalue weighted by Crippen LogP contribution is 2.35. The number of halogens is 3. The third kappa shape index (κ3) is 7.68. The fourth-order valence-electron chi connectivity index (χ4n) is 3.63. The van der Waals surface area contributed by atoms with E-state index in [9.17, 15) is 23.1 Å². The first kappa shape index (κ1) is 30.2. The summed E-state index contributed by atoms with van der Waals surface area (Å²) in [5.41, 5.74) is 0.477. The van der Waals surface area contributed by atoms with Gasteiger partial charge in [0.2, 0.25) is 5.89 Å². The Hall–Kier alpha value is -4.81. The first-order chi connectivity index (χ1) is 19.7. The zero-order valence-corrected chi connectivity index (χ0v) is 23.4. The molecule has 4 aromatic rings. The first-order valence-electron chi connectivity index (χ1n) is 12.7. The van der Waals surface area contributed by atoms with Gasteiger partial charge >= 0.3 is 18.3 Å². The van der Waals surface area contributed by atoms with Crippen molar-refractivity contribution in [3.8, 4) is 45.8 Å². The van der Waals surface area contributed by atoms with E-state index >= 15 is 0 Å². The Labute approximate surface area is 239 Å². The van der Waals surface area contributed by atoms with Crippen LogP contribution in [0.15, 0.2) is 59.3 Å². The SMILES string of the molecule is Cc1cc(OCc2nc(-c3cnc(OC(C)C)nc3)c(-c3ccc(OC(F)(F)F)cc3)o2)ccc1OC(C)(C)C(=O)O. The molecule has 10 nitrogen and oxygen atoms in total. The predicted octanol–water partition coefficient (Wildman–Crippen LogP) is 6.61. The van der Waals surface area contributed by atoms with Crippen LogP contribution in [0.2, 0.25) is 0 Å². The number of carboxylic acid groups (broad SMARTS) is 1. The second kappa shape index (κ2) is 12.0. The van der Waals surface area contributed by atoms with Gasteiger partial charge in [-0.2, -0.15) is 0 Å². The quantitative estimate of drug-likeness (QED) is 0.205. The maximum atomic E-state index is 12.6. The number of rotatable bonds is 11. The summed E-state index contributed by atoms with van der Waals surface area (Å²) in [6, 6.07) is 10.2. The van der Waals surface area contributed by atoms with Crippen molar-refractivity contribution in [2.24, 2.45) is 0 Å². The number of aliphatic carboxylic acids is 1. The van der Waals surface area contributed by atoms with Gasteiger partial charge in [-0.25, -0.2) is 19.7 Å². The molecule has 0 saturated heterocycles. The van der Waals surface area contributed by atoms with Crippen molar-refractivity contribution in [1.29, 1.82) is 0 Å². The molecule has 0 aliphatic carbocycles. The molecule has 0 spiro atoms. The Kier molecular flexibility index (Phi) is 8.59. The lowest BCUT2D eigenvalue weighted by atomic mass is 10.1. The van der Waals surface area contributed by atoms with Crippen LogP contribution in [-0.4, -0.2) is 44.1 Å². The molecule has 4 rings (SSSR count). The van der Waals surface area contributed by atoms with E-state index < -0.39 is 17.9 Å². The minimum absolute atomic E-state index is 0.0993. The van der Waals surface area contributed by atoms with Crippen LogP contribution < -0.4 is 18.9 Å². The molecule has 0 unspecified atom stereocenters. The largest absolute Gasteiger partial charge is 0.573 e. The molecular weight excluding hydrogens is 559 g/mol. The average molecular weight is 588 g/mol. The summed E-state index contributed by atoms with van der Waals surface area (Å²) in [4.78, 5) is 24.3. The molecular formula is C29H28F3N3O7. The van der Waals surface area contributed by atoms with Crippen LogP contribution >= 0.6 is 0 Å². The summed E-state index contributed by atoms with van der Waals surface area (Å²) in [6.45, 7) is 8.22. The van der Waals surface area contributed by atoms with Crippen LogP contribution in [0.25, 0.3) is 22.6 Å². The number of aromatic nitrogens is 3. The lowest BCUT2D eigenvalue weighted by Gasteiger charge is -2.23. The normalized spacial score (nSPS) is 11.8. The second-order valence-corrected chi connectivity index (χ2v) is 9.91. The van der Waals surface area contributed by atoms with Gasteiger partial charge in [-0.1, -0.05) is 0 Å². The molecule has 13 heteroatoms. The number of oxazole rings is 1. The molecule has 0 atom stereocenters. The first-order valence-corrected chi connectivity index (χ1v) is 12.7. The Morgan fingerprint density at radius 2 is 1.62 bits per heavy atom. The van der Waals surface area contributed by atoms with Gasteiger partial charge in [0.15, 0.2) is 18.0 Å². The van der Waals surface area contributed by atoms with Crippen LogP contribution in [0, 0.1) is 6.92 Å². The highest BCUT2D eigenvalue weighted by molar-refractivity contribution is 5.77. The molecule has 0 amide bonds. The number of ether oxygens (including phenoxy) is 4. The molecule has 0 fully saturated rings. The van der Waals surface area contributed by atoms with E-state index in [1.165, 1.54) is 50.5 Å². The molecule has 0 aliphatic rings. The summed E-state index contributed by atoms with van der Waals surface area (Å²) in [5, 5.41) is 9.32. The van der Waals surface area contributed by atoms with Crippen molar-refractivity contribution in [3.63, 3.8) is 0 Å². The summed E-state index contributed by atoms with van der Waals surface area (Å²) in [6.07, 6.45) is -1.96. The van der Waals surface area contributed by atoms with E-state index in [1.54, 1.807) is 25.1 Å². The summed E-state index contributed by atoms with van der Waals surface area (Å²) in [5.74, 6) is -0.233. The van der Waals surface area contributed by atoms with Crippen molar-refractivity contribution in [2.75, 3.05) is 0 Å². The number of carbonyl (C=O) groups is 1. The van der Waals surface area contributed by atoms with Gasteiger partial charge in [0, 0.05) is 23.5 Å². The molecule has 0 aliphatic heterocycles. The minimum atomic E-state index is -4.82. The molecule has 0 saturated carbocycles. The molecule has 1 N–H and O–H groups in total. The third-order valence-electron chi connectivity index (χ3n) is 5.65. The predicted molar refractivity (Wildman–Crippen MR) is 143 cm³/mol. The number of carboxylic acids is 1. The van der Waals surface area contributed by atoms with Gasteiger partial charge in [-0.05, 0) is 82.6 Å². The Morgan fingerprint density at radius 3 is 2.19 bits per heavy atom. The molecule has 2 aromatic heterocycles. The van der Waals surface area contributed by atoms with E-state index in [0.29, 0.717) is 33.9 Å². The molecule has 0 bridgehead atoms. The Balaban J connectivity index is 1.59. The molecule has 42 heavy (non-hydrogen) atoms. The topological polar surface area (TPSA) is 126 Å². The number of nitrogens with zero attached hydrogens (tertiary/aromatic N) is 3. The van der Waals surface area contributed by atoms with E-state index in [2.05, 4.69) is 19.7 Å². The molecule has 2 heterocycles.